The molecule has 6 aromatic carbocycles. The lowest BCUT2D eigenvalue weighted by molar-refractivity contribution is -0.137. The van der Waals surface area contributed by atoms with Crippen LogP contribution in [0.15, 0.2) is 120 Å². The van der Waals surface area contributed by atoms with Crippen molar-refractivity contribution in [1.82, 2.24) is 0 Å². The van der Waals surface area contributed by atoms with Crippen LogP contribution in [0.2, 0.25) is 0 Å². The summed E-state index contributed by atoms with van der Waals surface area (Å²) in [5.74, 6) is 0.550. The van der Waals surface area contributed by atoms with E-state index in [4.69, 9.17) is 4.42 Å². The Kier molecular flexibility index (Phi) is 9.06. The topological polar surface area (TPSA) is 19.6 Å². The van der Waals surface area contributed by atoms with Gasteiger partial charge in [-0.2, -0.15) is 13.2 Å². The SMILES string of the molecule is CC(C)(C)c1ccc(N2c3cc(C(F)(F)F)cc4c3B(c3cc5c(cc3N4c3ccc4c(c3)C(C)(C)CCC4(C)C)C(C)(C)CCC5(C)C)c3c2oc2ccccc32)c(-c2ccccc2)c1. The van der Waals surface area contributed by atoms with Gasteiger partial charge >= 0.3 is 6.18 Å². The van der Waals surface area contributed by atoms with E-state index in [0.717, 1.165) is 81.2 Å². The van der Waals surface area contributed by atoms with Crippen LogP contribution >= 0.6 is 0 Å². The maximum atomic E-state index is 15.9. The molecule has 3 nitrogen and oxygen atoms in total. The highest BCUT2D eigenvalue weighted by Gasteiger charge is 2.50. The lowest BCUT2D eigenvalue weighted by Gasteiger charge is -2.47. The van der Waals surface area contributed by atoms with Crippen molar-refractivity contribution in [3.63, 3.8) is 0 Å². The van der Waals surface area contributed by atoms with Crippen LogP contribution in [0.5, 0.6) is 0 Å². The molecule has 3 heterocycles. The highest BCUT2D eigenvalue weighted by Crippen LogP contribution is 2.54. The van der Waals surface area contributed by atoms with Crippen molar-refractivity contribution >= 4 is 68.4 Å². The summed E-state index contributed by atoms with van der Waals surface area (Å²) in [7, 11) is 0. The molecular formula is C59H60BF3N2O. The molecule has 2 aliphatic carbocycles. The smallest absolute Gasteiger partial charge is 0.416 e. The molecule has 0 spiro atoms. The minimum Gasteiger partial charge on any atom is -0.440 e. The molecule has 0 saturated carbocycles. The van der Waals surface area contributed by atoms with Gasteiger partial charge in [-0.15, -0.1) is 0 Å². The molecule has 0 atom stereocenters. The summed E-state index contributed by atoms with van der Waals surface area (Å²) in [6.45, 7) is 24.8. The maximum absolute atomic E-state index is 15.9. The number of fused-ring (bicyclic) bond motifs is 8. The third kappa shape index (κ3) is 6.38. The number of hydrogen-bond donors (Lipinski definition) is 0. The van der Waals surface area contributed by atoms with Crippen molar-refractivity contribution in [2.45, 2.75) is 135 Å². The summed E-state index contributed by atoms with van der Waals surface area (Å²) in [6, 6.07) is 39.1. The Balaban J connectivity index is 1.30. The second-order valence-electron chi connectivity index (χ2n) is 23.4. The minimum atomic E-state index is -4.64. The molecule has 66 heavy (non-hydrogen) atoms. The highest BCUT2D eigenvalue weighted by molar-refractivity contribution is 7.01. The van der Waals surface area contributed by atoms with Crippen LogP contribution in [0.25, 0.3) is 22.1 Å². The van der Waals surface area contributed by atoms with Gasteiger partial charge in [-0.25, -0.2) is 0 Å². The van der Waals surface area contributed by atoms with E-state index >= 15 is 13.2 Å². The van der Waals surface area contributed by atoms with Gasteiger partial charge in [-0.1, -0.05) is 143 Å². The molecule has 0 fully saturated rings. The number of nitrogens with zero attached hydrogens (tertiary/aromatic N) is 2. The van der Waals surface area contributed by atoms with E-state index in [1.807, 2.05) is 41.3 Å². The second kappa shape index (κ2) is 13.9. The summed E-state index contributed by atoms with van der Waals surface area (Å²) >= 11 is 0. The van der Waals surface area contributed by atoms with Crippen molar-refractivity contribution in [1.29, 1.82) is 0 Å². The lowest BCUT2D eigenvalue weighted by atomic mass is 9.33. The van der Waals surface area contributed by atoms with E-state index in [0.29, 0.717) is 22.8 Å². The monoisotopic (exact) mass is 880 g/mol. The van der Waals surface area contributed by atoms with Gasteiger partial charge < -0.3 is 9.32 Å². The summed E-state index contributed by atoms with van der Waals surface area (Å²) < 4.78 is 54.8. The predicted octanol–water partition coefficient (Wildman–Crippen LogP) is 15.2. The van der Waals surface area contributed by atoms with Gasteiger partial charge in [-0.05, 0) is 146 Å². The number of benzene rings is 6. The fourth-order valence-corrected chi connectivity index (χ4v) is 12.0. The quantitative estimate of drug-likeness (QED) is 0.165. The molecule has 7 aromatic rings. The Bertz CT molecular complexity index is 3150. The maximum Gasteiger partial charge on any atom is 0.416 e. The van der Waals surface area contributed by atoms with Crippen molar-refractivity contribution in [2.24, 2.45) is 0 Å². The first-order valence-electron chi connectivity index (χ1n) is 23.9. The molecular weight excluding hydrogens is 820 g/mol. The van der Waals surface area contributed by atoms with Crippen LogP contribution in [-0.4, -0.2) is 6.71 Å². The largest absolute Gasteiger partial charge is 0.440 e. The van der Waals surface area contributed by atoms with E-state index in [9.17, 15) is 0 Å². The van der Waals surface area contributed by atoms with Gasteiger partial charge in [0, 0.05) is 39.2 Å². The van der Waals surface area contributed by atoms with Crippen LogP contribution < -0.4 is 26.2 Å². The van der Waals surface area contributed by atoms with Crippen LogP contribution in [0.1, 0.15) is 135 Å². The number of rotatable bonds is 3. The van der Waals surface area contributed by atoms with Gasteiger partial charge in [-0.3, -0.25) is 4.90 Å². The number of alkyl halides is 3. The van der Waals surface area contributed by atoms with Gasteiger partial charge in [0.1, 0.15) is 5.58 Å². The van der Waals surface area contributed by atoms with Crippen molar-refractivity contribution in [2.75, 3.05) is 9.80 Å². The van der Waals surface area contributed by atoms with Gasteiger partial charge in [0.15, 0.2) is 0 Å². The Labute approximate surface area is 389 Å². The van der Waals surface area contributed by atoms with Crippen molar-refractivity contribution in [3.05, 3.63) is 149 Å². The number of furan rings is 1. The molecule has 0 saturated heterocycles. The number of para-hydroxylation sites is 1. The van der Waals surface area contributed by atoms with Crippen molar-refractivity contribution < 1.29 is 17.6 Å². The summed E-state index contributed by atoms with van der Waals surface area (Å²) in [6.07, 6.45) is -0.507. The Morgan fingerprint density at radius 1 is 0.515 bits per heavy atom. The van der Waals surface area contributed by atoms with Gasteiger partial charge in [0.05, 0.1) is 11.3 Å². The second-order valence-corrected chi connectivity index (χ2v) is 23.4. The molecule has 0 radical (unpaired) electrons. The molecule has 0 unspecified atom stereocenters. The number of halogens is 3. The molecule has 11 rings (SSSR count). The molecule has 0 bridgehead atoms. The first-order chi connectivity index (χ1) is 31.0. The van der Waals surface area contributed by atoms with Gasteiger partial charge in [0.25, 0.3) is 6.71 Å². The third-order valence-corrected chi connectivity index (χ3v) is 16.2. The number of hydrogen-bond acceptors (Lipinski definition) is 3. The van der Waals surface area contributed by atoms with Crippen LogP contribution in [0.3, 0.4) is 0 Å². The summed E-state index contributed by atoms with van der Waals surface area (Å²) in [5, 5.41) is 0.959. The van der Waals surface area contributed by atoms with Crippen LogP contribution in [0, 0.1) is 0 Å². The fraction of sp³-hybridized carbons (Fsp3) is 0.356. The molecule has 7 heteroatoms. The van der Waals surface area contributed by atoms with E-state index < -0.39 is 18.5 Å². The average molecular weight is 881 g/mol. The molecule has 1 aromatic heterocycles. The zero-order valence-corrected chi connectivity index (χ0v) is 40.3. The third-order valence-electron chi connectivity index (χ3n) is 16.2. The average Bonchev–Trinajstić information content (AvgIpc) is 3.65. The Hall–Kier alpha value is -5.69. The normalized spacial score (nSPS) is 18.6. The standard InChI is InChI=1S/C59H60BF3N2O/c1-54(2,3)36-21-24-46(40(29-36)35-17-13-12-14-18-35)65-49-31-37(59(61,62)63)30-48-52(49)60(51-39-19-15-16-20-50(39)66-53(51)65)45-33-43-44(58(10,11)28-27-57(43,8)9)34-47(45)64(48)38-22-23-41-42(32-38)56(6,7)26-25-55(41,4)5/h12-24,29-34H,25-28H2,1-11H3. The van der Waals surface area contributed by atoms with Gasteiger partial charge in [0.2, 0.25) is 5.88 Å². The fourth-order valence-electron chi connectivity index (χ4n) is 12.0. The zero-order chi connectivity index (χ0) is 46.7. The molecule has 2 aliphatic heterocycles. The molecule has 4 aliphatic rings. The number of anilines is 6. The molecule has 336 valence electrons. The molecule has 0 N–H and O–H groups in total. The van der Waals surface area contributed by atoms with E-state index in [-0.39, 0.29) is 27.1 Å². The van der Waals surface area contributed by atoms with Crippen molar-refractivity contribution in [3.8, 4) is 11.1 Å². The van der Waals surface area contributed by atoms with E-state index in [1.54, 1.807) is 0 Å². The Morgan fingerprint density at radius 3 is 1.73 bits per heavy atom. The summed E-state index contributed by atoms with van der Waals surface area (Å²) in [5.41, 5.74) is 14.1. The lowest BCUT2D eigenvalue weighted by Crippen LogP contribution is -2.61. The van der Waals surface area contributed by atoms with Crippen LogP contribution in [-0.2, 0) is 33.3 Å². The van der Waals surface area contributed by atoms with Crippen LogP contribution in [0.4, 0.5) is 47.5 Å². The van der Waals surface area contributed by atoms with E-state index in [1.165, 1.54) is 34.4 Å². The minimum absolute atomic E-state index is 0.0312. The predicted molar refractivity (Wildman–Crippen MR) is 270 cm³/mol. The Morgan fingerprint density at radius 2 is 1.09 bits per heavy atom. The van der Waals surface area contributed by atoms with E-state index in [2.05, 4.69) is 148 Å². The summed E-state index contributed by atoms with van der Waals surface area (Å²) in [4.78, 5) is 4.21. The molecule has 0 amide bonds. The first-order valence-corrected chi connectivity index (χ1v) is 23.9. The zero-order valence-electron chi connectivity index (χ0n) is 40.3. The first kappa shape index (κ1) is 42.9. The highest BCUT2D eigenvalue weighted by atomic mass is 19.4.